The highest BCUT2D eigenvalue weighted by Crippen LogP contribution is 2.35. The number of piperidine rings is 1. The lowest BCUT2D eigenvalue weighted by Crippen LogP contribution is -2.50. The normalized spacial score (nSPS) is 22.9. The summed E-state index contributed by atoms with van der Waals surface area (Å²) in [6.45, 7) is 0. The van der Waals surface area contributed by atoms with Crippen molar-refractivity contribution < 1.29 is 13.4 Å². The molecule has 1 aliphatic carbocycles. The summed E-state index contributed by atoms with van der Waals surface area (Å²) in [7, 11) is -2.30. The van der Waals surface area contributed by atoms with Crippen LogP contribution in [0.2, 0.25) is 0 Å². The molecule has 8 heteroatoms. The van der Waals surface area contributed by atoms with Crippen molar-refractivity contribution in [3.05, 3.63) is 53.8 Å². The predicted molar refractivity (Wildman–Crippen MR) is 123 cm³/mol. The molecule has 4 atom stereocenters. The Labute approximate surface area is 188 Å². The third-order valence-corrected chi connectivity index (χ3v) is 6.75. The molecule has 1 saturated heterocycles. The number of benzene rings is 2. The molecule has 32 heavy (non-hydrogen) atoms. The molecule has 2 aromatic carbocycles. The first-order valence-electron chi connectivity index (χ1n) is 10.7. The summed E-state index contributed by atoms with van der Waals surface area (Å²) in [5.41, 5.74) is 2.36. The lowest BCUT2D eigenvalue weighted by molar-refractivity contribution is -0.124. The maximum Gasteiger partial charge on any atom is 0.238 e. The number of nitrogens with one attached hydrogen (secondary N) is 2. The fourth-order valence-corrected chi connectivity index (χ4v) is 5.27. The van der Waals surface area contributed by atoms with Gasteiger partial charge in [-0.05, 0) is 60.1 Å². The Morgan fingerprint density at radius 1 is 1.28 bits per heavy atom. The van der Waals surface area contributed by atoms with E-state index in [1.807, 2.05) is 6.07 Å². The van der Waals surface area contributed by atoms with Crippen LogP contribution >= 0.6 is 0 Å². The molecular weight excluding hydrogens is 427 g/mol. The van der Waals surface area contributed by atoms with E-state index >= 15 is 0 Å². The number of amides is 1. The van der Waals surface area contributed by atoms with E-state index in [1.165, 1.54) is 6.07 Å². The molecule has 4 rings (SSSR count). The molecule has 1 aliphatic heterocycles. The van der Waals surface area contributed by atoms with Gasteiger partial charge in [-0.1, -0.05) is 24.3 Å². The monoisotopic (exact) mass is 454 g/mol. The largest absolute Gasteiger partial charge is 0.339 e. The van der Waals surface area contributed by atoms with E-state index in [1.54, 1.807) is 42.8 Å². The molecular formula is C24H27FN4O2S. The molecule has 6 nitrogen and oxygen atoms in total. The molecule has 168 valence electrons. The van der Waals surface area contributed by atoms with E-state index in [2.05, 4.69) is 21.1 Å². The van der Waals surface area contributed by atoms with Crippen LogP contribution in [0.3, 0.4) is 0 Å². The van der Waals surface area contributed by atoms with Gasteiger partial charge < -0.3 is 10.6 Å². The third-order valence-electron chi connectivity index (χ3n) is 6.10. The molecule has 0 radical (unpaired) electrons. The van der Waals surface area contributed by atoms with Crippen molar-refractivity contribution in [3.63, 3.8) is 0 Å². The highest BCUT2D eigenvalue weighted by atomic mass is 32.2. The minimum atomic E-state index is -2.30. The second kappa shape index (κ2) is 9.00. The molecule has 0 unspecified atom stereocenters. The average molecular weight is 455 g/mol. The van der Waals surface area contributed by atoms with Crippen molar-refractivity contribution in [3.8, 4) is 17.2 Å². The van der Waals surface area contributed by atoms with Crippen LogP contribution in [-0.2, 0) is 20.9 Å². The van der Waals surface area contributed by atoms with Crippen LogP contribution < -0.4 is 10.6 Å². The summed E-state index contributed by atoms with van der Waals surface area (Å²) < 4.78 is 31.0. The molecule has 2 fully saturated rings. The number of nitrogens with zero attached hydrogens (tertiary/aromatic N) is 2. The van der Waals surface area contributed by atoms with E-state index in [4.69, 9.17) is 0 Å². The number of carbonyl (C=O) groups is 1. The maximum absolute atomic E-state index is 14.9. The lowest BCUT2D eigenvalue weighted by Gasteiger charge is -2.23. The maximum atomic E-state index is 14.9. The second-order valence-electron chi connectivity index (χ2n) is 8.94. The third kappa shape index (κ3) is 5.17. The van der Waals surface area contributed by atoms with Gasteiger partial charge in [-0.25, -0.2) is 8.60 Å². The number of hydrogen-bond donors (Lipinski definition) is 2. The Balaban J connectivity index is 1.46. The summed E-state index contributed by atoms with van der Waals surface area (Å²) in [4.78, 5) is 12.6. The van der Waals surface area contributed by atoms with Gasteiger partial charge in [-0.3, -0.25) is 4.79 Å². The Kier molecular flexibility index (Phi) is 6.31. The van der Waals surface area contributed by atoms with Crippen LogP contribution in [0.15, 0.2) is 46.8 Å². The zero-order chi connectivity index (χ0) is 22.9. The van der Waals surface area contributed by atoms with Gasteiger partial charge in [0.05, 0.1) is 17.8 Å². The predicted octanol–water partition coefficient (Wildman–Crippen LogP) is 3.54. The smallest absolute Gasteiger partial charge is 0.238 e. The van der Waals surface area contributed by atoms with Crippen LogP contribution in [0.5, 0.6) is 0 Å². The first-order valence-corrected chi connectivity index (χ1v) is 13.1. The van der Waals surface area contributed by atoms with Crippen LogP contribution in [0.1, 0.15) is 24.8 Å². The average Bonchev–Trinajstić information content (AvgIpc) is 3.37. The fourth-order valence-electron chi connectivity index (χ4n) is 4.65. The summed E-state index contributed by atoms with van der Waals surface area (Å²) in [5.74, 6) is -0.288. The molecule has 1 heterocycles. The number of carbonyl (C=O) groups excluding carboxylic acids is 1. The molecule has 0 spiro atoms. The Morgan fingerprint density at radius 2 is 2.06 bits per heavy atom. The standard InChI is InChI=1S/C24H27FN4O2S/c1-32(2,31)29-20-5-3-4-15(10-20)16-6-7-17(22(25)13-16)11-21(14-26)28-24(30)23-18-8-9-19(12-18)27-23/h3-7,10,13,18-19,21,23,27H,8-9,11-12H2,1-2H3,(H,28,30)/t18-,19+,21-,23-/m0/s1. The van der Waals surface area contributed by atoms with E-state index in [0.717, 1.165) is 24.8 Å². The first-order chi connectivity index (χ1) is 15.2. The van der Waals surface area contributed by atoms with Gasteiger partial charge in [-0.15, -0.1) is 0 Å². The fraction of sp³-hybridized carbons (Fsp3) is 0.417. The van der Waals surface area contributed by atoms with Gasteiger partial charge in [0.2, 0.25) is 5.91 Å². The molecule has 2 aliphatic rings. The van der Waals surface area contributed by atoms with E-state index in [0.29, 0.717) is 28.8 Å². The van der Waals surface area contributed by atoms with Crippen molar-refractivity contribution in [1.29, 1.82) is 5.26 Å². The highest BCUT2D eigenvalue weighted by molar-refractivity contribution is 7.92. The number of halogens is 1. The topological polar surface area (TPSA) is 94.3 Å². The van der Waals surface area contributed by atoms with Crippen LogP contribution in [-0.4, -0.2) is 40.8 Å². The molecule has 2 aromatic rings. The van der Waals surface area contributed by atoms with Gasteiger partial charge in [0.15, 0.2) is 0 Å². The Hall–Kier alpha value is -2.76. The quantitative estimate of drug-likeness (QED) is 0.698. The van der Waals surface area contributed by atoms with Gasteiger partial charge in [0, 0.05) is 34.7 Å². The minimum absolute atomic E-state index is 0.0955. The SMILES string of the molecule is CS(C)(=O)=Nc1cccc(-c2ccc(C[C@@H](C#N)NC(=O)[C@H]3N[C@@H]4CC[C@H]3C4)c(F)c2)c1. The highest BCUT2D eigenvalue weighted by Gasteiger charge is 2.43. The van der Waals surface area contributed by atoms with Crippen molar-refractivity contribution in [2.24, 2.45) is 10.3 Å². The summed E-state index contributed by atoms with van der Waals surface area (Å²) >= 11 is 0. The number of hydrogen-bond acceptors (Lipinski definition) is 5. The Morgan fingerprint density at radius 3 is 2.69 bits per heavy atom. The molecule has 0 aromatic heterocycles. The van der Waals surface area contributed by atoms with E-state index in [9.17, 15) is 18.7 Å². The van der Waals surface area contributed by atoms with E-state index in [-0.39, 0.29) is 18.4 Å². The Bertz CT molecular complexity index is 1190. The van der Waals surface area contributed by atoms with Crippen LogP contribution in [0.4, 0.5) is 10.1 Å². The first kappa shape index (κ1) is 22.4. The summed E-state index contributed by atoms with van der Waals surface area (Å²) in [5, 5.41) is 15.6. The van der Waals surface area contributed by atoms with Gasteiger partial charge in [-0.2, -0.15) is 9.62 Å². The second-order valence-corrected chi connectivity index (χ2v) is 11.5. The number of nitriles is 1. The number of rotatable bonds is 6. The van der Waals surface area contributed by atoms with E-state index < -0.39 is 21.6 Å². The molecule has 1 amide bonds. The zero-order valence-corrected chi connectivity index (χ0v) is 19.0. The number of fused-ring (bicyclic) bond motifs is 2. The minimum Gasteiger partial charge on any atom is -0.339 e. The van der Waals surface area contributed by atoms with Gasteiger partial charge >= 0.3 is 0 Å². The van der Waals surface area contributed by atoms with Crippen LogP contribution in [0, 0.1) is 23.1 Å². The molecule has 2 bridgehead atoms. The van der Waals surface area contributed by atoms with Crippen molar-refractivity contribution >= 4 is 21.3 Å². The molecule has 2 N–H and O–H groups in total. The lowest BCUT2D eigenvalue weighted by atomic mass is 9.97. The zero-order valence-electron chi connectivity index (χ0n) is 18.2. The summed E-state index contributed by atoms with van der Waals surface area (Å²) in [6.07, 6.45) is 6.36. The summed E-state index contributed by atoms with van der Waals surface area (Å²) in [6, 6.07) is 13.4. The van der Waals surface area contributed by atoms with Crippen LogP contribution in [0.25, 0.3) is 11.1 Å². The molecule has 1 saturated carbocycles. The van der Waals surface area contributed by atoms with Gasteiger partial charge in [0.25, 0.3) is 0 Å². The van der Waals surface area contributed by atoms with Crippen molar-refractivity contribution in [2.45, 2.75) is 43.8 Å². The van der Waals surface area contributed by atoms with Crippen molar-refractivity contribution in [2.75, 3.05) is 12.5 Å². The van der Waals surface area contributed by atoms with Gasteiger partial charge in [0.1, 0.15) is 11.9 Å². The van der Waals surface area contributed by atoms with Crippen molar-refractivity contribution in [1.82, 2.24) is 10.6 Å².